The lowest BCUT2D eigenvalue weighted by molar-refractivity contribution is 0.289. The van der Waals surface area contributed by atoms with Crippen LogP contribution in [0, 0.1) is 11.8 Å². The Morgan fingerprint density at radius 2 is 2.25 bits per heavy atom. The molecule has 3 heteroatoms. The van der Waals surface area contributed by atoms with E-state index in [1.165, 1.54) is 43.2 Å². The molecule has 2 aromatic rings. The highest BCUT2D eigenvalue weighted by atomic mass is 15.1. The second kappa shape index (κ2) is 5.86. The van der Waals surface area contributed by atoms with Gasteiger partial charge in [-0.25, -0.2) is 0 Å². The Bertz CT molecular complexity index is 558. The van der Waals surface area contributed by atoms with Gasteiger partial charge in [-0.15, -0.1) is 0 Å². The van der Waals surface area contributed by atoms with E-state index in [0.717, 1.165) is 17.4 Å². The minimum absolute atomic E-state index is 0.619. The number of aromatic amines is 1. The SMILES string of the molecule is CC(C)CC1CCCC(Nc2cccc3[nH]ncc23)C1. The summed E-state index contributed by atoms with van der Waals surface area (Å²) in [7, 11) is 0. The fraction of sp³-hybridized carbons (Fsp3) is 0.588. The summed E-state index contributed by atoms with van der Waals surface area (Å²) in [5.41, 5.74) is 2.34. The van der Waals surface area contributed by atoms with Crippen LogP contribution in [0.2, 0.25) is 0 Å². The van der Waals surface area contributed by atoms with Crippen LogP contribution in [0.5, 0.6) is 0 Å². The second-order valence-corrected chi connectivity index (χ2v) is 6.64. The summed E-state index contributed by atoms with van der Waals surface area (Å²) in [4.78, 5) is 0. The molecule has 0 saturated heterocycles. The van der Waals surface area contributed by atoms with Gasteiger partial charge in [-0.3, -0.25) is 5.10 Å². The van der Waals surface area contributed by atoms with Gasteiger partial charge in [0.25, 0.3) is 0 Å². The number of aromatic nitrogens is 2. The Morgan fingerprint density at radius 3 is 3.10 bits per heavy atom. The predicted molar refractivity (Wildman–Crippen MR) is 84.9 cm³/mol. The van der Waals surface area contributed by atoms with Gasteiger partial charge in [0, 0.05) is 17.1 Å². The van der Waals surface area contributed by atoms with Crippen LogP contribution in [0.3, 0.4) is 0 Å². The van der Waals surface area contributed by atoms with E-state index in [-0.39, 0.29) is 0 Å². The van der Waals surface area contributed by atoms with Crippen molar-refractivity contribution < 1.29 is 0 Å². The van der Waals surface area contributed by atoms with E-state index in [1.807, 2.05) is 6.20 Å². The first kappa shape index (κ1) is 13.5. The molecule has 0 amide bonds. The summed E-state index contributed by atoms with van der Waals surface area (Å²) in [6.07, 6.45) is 8.66. The minimum Gasteiger partial charge on any atom is -0.382 e. The van der Waals surface area contributed by atoms with Crippen LogP contribution in [0.4, 0.5) is 5.69 Å². The van der Waals surface area contributed by atoms with Gasteiger partial charge in [-0.1, -0.05) is 32.8 Å². The average molecular weight is 271 g/mol. The molecule has 1 aromatic carbocycles. The number of hydrogen-bond acceptors (Lipinski definition) is 2. The van der Waals surface area contributed by atoms with Gasteiger partial charge < -0.3 is 5.32 Å². The molecule has 0 bridgehead atoms. The van der Waals surface area contributed by atoms with Crippen molar-refractivity contribution in [2.75, 3.05) is 5.32 Å². The van der Waals surface area contributed by atoms with Gasteiger partial charge in [0.15, 0.2) is 0 Å². The van der Waals surface area contributed by atoms with Crippen LogP contribution in [0.1, 0.15) is 46.0 Å². The predicted octanol–water partition coefficient (Wildman–Crippen LogP) is 4.58. The number of nitrogens with zero attached hydrogens (tertiary/aromatic N) is 1. The van der Waals surface area contributed by atoms with Crippen molar-refractivity contribution in [3.8, 4) is 0 Å². The molecule has 2 unspecified atom stereocenters. The van der Waals surface area contributed by atoms with E-state index in [2.05, 4.69) is 47.6 Å². The molecule has 1 heterocycles. The Hall–Kier alpha value is -1.51. The van der Waals surface area contributed by atoms with Crippen molar-refractivity contribution in [1.82, 2.24) is 10.2 Å². The zero-order chi connectivity index (χ0) is 13.9. The quantitative estimate of drug-likeness (QED) is 0.854. The van der Waals surface area contributed by atoms with Crippen LogP contribution in [-0.2, 0) is 0 Å². The normalized spacial score (nSPS) is 23.4. The number of H-pyrrole nitrogens is 1. The zero-order valence-electron chi connectivity index (χ0n) is 12.5. The molecule has 0 radical (unpaired) electrons. The summed E-state index contributed by atoms with van der Waals surface area (Å²) in [6, 6.07) is 6.96. The molecule has 108 valence electrons. The van der Waals surface area contributed by atoms with Crippen LogP contribution < -0.4 is 5.32 Å². The Morgan fingerprint density at radius 1 is 1.35 bits per heavy atom. The molecule has 1 aliphatic rings. The van der Waals surface area contributed by atoms with E-state index in [9.17, 15) is 0 Å². The number of benzene rings is 1. The monoisotopic (exact) mass is 271 g/mol. The molecular formula is C17H25N3. The van der Waals surface area contributed by atoms with Crippen molar-refractivity contribution >= 4 is 16.6 Å². The molecule has 3 nitrogen and oxygen atoms in total. The highest BCUT2D eigenvalue weighted by molar-refractivity contribution is 5.90. The van der Waals surface area contributed by atoms with Crippen molar-refractivity contribution in [2.45, 2.75) is 52.0 Å². The largest absolute Gasteiger partial charge is 0.382 e. The third kappa shape index (κ3) is 2.97. The lowest BCUT2D eigenvalue weighted by Gasteiger charge is -2.31. The van der Waals surface area contributed by atoms with E-state index in [1.54, 1.807) is 0 Å². The molecule has 3 rings (SSSR count). The Kier molecular flexibility index (Phi) is 3.95. The summed E-state index contributed by atoms with van der Waals surface area (Å²) in [5, 5.41) is 12.1. The second-order valence-electron chi connectivity index (χ2n) is 6.64. The number of nitrogens with one attached hydrogen (secondary N) is 2. The highest BCUT2D eigenvalue weighted by Crippen LogP contribution is 2.32. The molecule has 1 fully saturated rings. The lowest BCUT2D eigenvalue weighted by atomic mass is 9.81. The lowest BCUT2D eigenvalue weighted by Crippen LogP contribution is -2.28. The van der Waals surface area contributed by atoms with E-state index in [4.69, 9.17) is 0 Å². The van der Waals surface area contributed by atoms with E-state index >= 15 is 0 Å². The third-order valence-electron chi connectivity index (χ3n) is 4.43. The topological polar surface area (TPSA) is 40.7 Å². The van der Waals surface area contributed by atoms with Gasteiger partial charge in [0.05, 0.1) is 11.7 Å². The highest BCUT2D eigenvalue weighted by Gasteiger charge is 2.22. The molecule has 1 aromatic heterocycles. The molecule has 2 atom stereocenters. The fourth-order valence-corrected chi connectivity index (χ4v) is 3.62. The smallest absolute Gasteiger partial charge is 0.0671 e. The van der Waals surface area contributed by atoms with Crippen molar-refractivity contribution in [2.24, 2.45) is 11.8 Å². The zero-order valence-corrected chi connectivity index (χ0v) is 12.5. The van der Waals surface area contributed by atoms with Crippen molar-refractivity contribution in [3.05, 3.63) is 24.4 Å². The standard InChI is InChI=1S/C17H25N3/c1-12(2)9-13-5-3-6-14(10-13)19-16-7-4-8-17-15(16)11-18-20-17/h4,7-8,11-14,19H,3,5-6,9-10H2,1-2H3,(H,18,20). The molecule has 0 spiro atoms. The van der Waals surface area contributed by atoms with Crippen molar-refractivity contribution in [1.29, 1.82) is 0 Å². The molecule has 1 saturated carbocycles. The number of hydrogen-bond donors (Lipinski definition) is 2. The molecule has 0 aliphatic heterocycles. The van der Waals surface area contributed by atoms with E-state index < -0.39 is 0 Å². The summed E-state index contributed by atoms with van der Waals surface area (Å²) in [6.45, 7) is 4.67. The molecule has 20 heavy (non-hydrogen) atoms. The van der Waals surface area contributed by atoms with Crippen LogP contribution in [0.15, 0.2) is 24.4 Å². The van der Waals surface area contributed by atoms with Gasteiger partial charge in [-0.2, -0.15) is 5.10 Å². The minimum atomic E-state index is 0.619. The first-order valence-corrected chi connectivity index (χ1v) is 7.91. The van der Waals surface area contributed by atoms with Crippen LogP contribution >= 0.6 is 0 Å². The van der Waals surface area contributed by atoms with Gasteiger partial charge in [-0.05, 0) is 43.2 Å². The number of anilines is 1. The Labute approximate surface area is 121 Å². The fourth-order valence-electron chi connectivity index (χ4n) is 3.62. The van der Waals surface area contributed by atoms with Crippen LogP contribution in [-0.4, -0.2) is 16.2 Å². The average Bonchev–Trinajstić information content (AvgIpc) is 2.88. The summed E-state index contributed by atoms with van der Waals surface area (Å²) < 4.78 is 0. The number of fused-ring (bicyclic) bond motifs is 1. The third-order valence-corrected chi connectivity index (χ3v) is 4.43. The molecule has 2 N–H and O–H groups in total. The summed E-state index contributed by atoms with van der Waals surface area (Å²) >= 11 is 0. The molecule has 1 aliphatic carbocycles. The van der Waals surface area contributed by atoms with E-state index in [0.29, 0.717) is 6.04 Å². The summed E-state index contributed by atoms with van der Waals surface area (Å²) in [5.74, 6) is 1.71. The van der Waals surface area contributed by atoms with Gasteiger partial charge >= 0.3 is 0 Å². The Balaban J connectivity index is 1.69. The van der Waals surface area contributed by atoms with Crippen molar-refractivity contribution in [3.63, 3.8) is 0 Å². The van der Waals surface area contributed by atoms with Gasteiger partial charge in [0.2, 0.25) is 0 Å². The maximum absolute atomic E-state index is 4.14. The number of rotatable bonds is 4. The first-order chi connectivity index (χ1) is 9.72. The molecular weight excluding hydrogens is 246 g/mol. The first-order valence-electron chi connectivity index (χ1n) is 7.91. The maximum atomic E-state index is 4.14. The maximum Gasteiger partial charge on any atom is 0.0671 e. The van der Waals surface area contributed by atoms with Gasteiger partial charge in [0.1, 0.15) is 0 Å². The van der Waals surface area contributed by atoms with Crippen LogP contribution in [0.25, 0.3) is 10.9 Å².